The molecule has 0 aliphatic carbocycles. The van der Waals surface area contributed by atoms with Crippen LogP contribution in [0.4, 0.5) is 20.6 Å². The maximum Gasteiger partial charge on any atom is 0.414 e. The lowest BCUT2D eigenvalue weighted by molar-refractivity contribution is 0.0900. The molecule has 2 aromatic heterocycles. The first-order chi connectivity index (χ1) is 16.3. The summed E-state index contributed by atoms with van der Waals surface area (Å²) in [5.74, 6) is 0.0508. The number of anilines is 2. The van der Waals surface area contributed by atoms with Crippen LogP contribution in [0.25, 0.3) is 21.9 Å². The number of rotatable bonds is 4. The van der Waals surface area contributed by atoms with Crippen molar-refractivity contribution in [2.75, 3.05) is 37.3 Å². The molecule has 0 atom stereocenters. The van der Waals surface area contributed by atoms with Crippen molar-refractivity contribution in [1.82, 2.24) is 20.2 Å². The van der Waals surface area contributed by atoms with E-state index in [1.165, 1.54) is 6.20 Å². The third-order valence-electron chi connectivity index (χ3n) is 6.37. The van der Waals surface area contributed by atoms with Crippen LogP contribution in [0.5, 0.6) is 11.8 Å². The number of amides is 1. The van der Waals surface area contributed by atoms with Gasteiger partial charge in [0.1, 0.15) is 12.3 Å². The summed E-state index contributed by atoms with van der Waals surface area (Å²) in [5.41, 5.74) is 8.54. The molecular formula is C24H27FN6O3. The minimum absolute atomic E-state index is 0.0272. The summed E-state index contributed by atoms with van der Waals surface area (Å²) < 4.78 is 26.2. The number of pyridine rings is 2. The highest BCUT2D eigenvalue weighted by Crippen LogP contribution is 2.39. The van der Waals surface area contributed by atoms with Crippen LogP contribution < -0.4 is 25.8 Å². The highest BCUT2D eigenvalue weighted by atomic mass is 19.1. The Morgan fingerprint density at radius 1 is 1.29 bits per heavy atom. The van der Waals surface area contributed by atoms with Crippen molar-refractivity contribution in [1.29, 1.82) is 0 Å². The van der Waals surface area contributed by atoms with Gasteiger partial charge in [0.15, 0.2) is 5.82 Å². The molecule has 4 N–H and O–H groups in total. The highest BCUT2D eigenvalue weighted by Gasteiger charge is 2.30. The summed E-state index contributed by atoms with van der Waals surface area (Å²) in [6, 6.07) is 3.73. The molecule has 1 aromatic carbocycles. The summed E-state index contributed by atoms with van der Waals surface area (Å²) in [4.78, 5) is 23.0. The van der Waals surface area contributed by atoms with Gasteiger partial charge in [0.05, 0.1) is 11.7 Å². The quantitative estimate of drug-likeness (QED) is 0.502. The van der Waals surface area contributed by atoms with Crippen molar-refractivity contribution >= 4 is 28.2 Å². The molecule has 5 rings (SSSR count). The Kier molecular flexibility index (Phi) is 5.60. The molecule has 4 heterocycles. The van der Waals surface area contributed by atoms with E-state index in [-0.39, 0.29) is 17.6 Å². The zero-order valence-electron chi connectivity index (χ0n) is 19.3. The number of benzene rings is 1. The highest BCUT2D eigenvalue weighted by molar-refractivity contribution is 5.98. The Morgan fingerprint density at radius 3 is 2.85 bits per heavy atom. The lowest BCUT2D eigenvalue weighted by atomic mass is 9.97. The first kappa shape index (κ1) is 22.1. The van der Waals surface area contributed by atoms with Crippen molar-refractivity contribution < 1.29 is 18.7 Å². The standard InChI is InChI=1S/C24H27FN6O3/c1-12(2)31-10-15(11-31)30-24(32)34-19-7-14-6-16(20(25)21(26)18(14)9-28-19)17-8-29-23-22(13(17)3)27-4-5-33-23/h6-9,12,15,27H,4-5,10-11,26H2,1-3H3,(H,30,32). The van der Waals surface area contributed by atoms with Crippen LogP contribution in [-0.2, 0) is 0 Å². The molecule has 0 radical (unpaired) electrons. The summed E-state index contributed by atoms with van der Waals surface area (Å²) in [7, 11) is 0. The van der Waals surface area contributed by atoms with Gasteiger partial charge < -0.3 is 25.8 Å². The average molecular weight is 467 g/mol. The van der Waals surface area contributed by atoms with Crippen LogP contribution in [0.3, 0.4) is 0 Å². The lowest BCUT2D eigenvalue weighted by Gasteiger charge is -2.41. The molecule has 178 valence electrons. The summed E-state index contributed by atoms with van der Waals surface area (Å²) in [6.07, 6.45) is 2.42. The molecule has 0 saturated carbocycles. The molecule has 3 aromatic rings. The number of hydrogen-bond acceptors (Lipinski definition) is 8. The van der Waals surface area contributed by atoms with Gasteiger partial charge in [-0.05, 0) is 37.8 Å². The predicted octanol–water partition coefficient (Wildman–Crippen LogP) is 3.31. The van der Waals surface area contributed by atoms with Gasteiger partial charge in [-0.1, -0.05) is 0 Å². The molecule has 9 nitrogen and oxygen atoms in total. The van der Waals surface area contributed by atoms with Crippen LogP contribution in [-0.4, -0.2) is 59.3 Å². The van der Waals surface area contributed by atoms with Crippen molar-refractivity contribution in [2.45, 2.75) is 32.9 Å². The fraction of sp³-hybridized carbons (Fsp3) is 0.375. The minimum atomic E-state index is -0.573. The topological polar surface area (TPSA) is 115 Å². The second-order valence-electron chi connectivity index (χ2n) is 8.93. The number of nitrogen functional groups attached to an aromatic ring is 1. The Morgan fingerprint density at radius 2 is 2.09 bits per heavy atom. The molecule has 1 fully saturated rings. The van der Waals surface area contributed by atoms with Gasteiger partial charge in [-0.3, -0.25) is 4.90 Å². The van der Waals surface area contributed by atoms with E-state index in [0.717, 1.165) is 24.3 Å². The van der Waals surface area contributed by atoms with E-state index in [1.807, 2.05) is 6.92 Å². The SMILES string of the molecule is Cc1c(-c2cc3cc(OC(=O)NC4CN(C(C)C)C4)ncc3c(N)c2F)cnc2c1NCCO2. The van der Waals surface area contributed by atoms with Crippen LogP contribution in [0.1, 0.15) is 19.4 Å². The number of nitrogens with one attached hydrogen (secondary N) is 2. The van der Waals surface area contributed by atoms with E-state index in [2.05, 4.69) is 39.3 Å². The summed E-state index contributed by atoms with van der Waals surface area (Å²) >= 11 is 0. The van der Waals surface area contributed by atoms with Gasteiger partial charge >= 0.3 is 6.09 Å². The third-order valence-corrected chi connectivity index (χ3v) is 6.37. The number of halogens is 1. The molecule has 0 bridgehead atoms. The number of nitrogens with two attached hydrogens (primary N) is 1. The monoisotopic (exact) mass is 466 g/mol. The van der Waals surface area contributed by atoms with Crippen LogP contribution >= 0.6 is 0 Å². The number of nitrogens with zero attached hydrogens (tertiary/aromatic N) is 3. The zero-order valence-corrected chi connectivity index (χ0v) is 19.3. The van der Waals surface area contributed by atoms with E-state index in [9.17, 15) is 4.79 Å². The van der Waals surface area contributed by atoms with E-state index in [0.29, 0.717) is 47.0 Å². The molecule has 1 amide bonds. The number of carbonyl (C=O) groups excluding carboxylic acids is 1. The van der Waals surface area contributed by atoms with Gasteiger partial charge in [-0.15, -0.1) is 0 Å². The molecule has 2 aliphatic heterocycles. The van der Waals surface area contributed by atoms with E-state index < -0.39 is 11.9 Å². The number of hydrogen-bond donors (Lipinski definition) is 3. The Labute approximate surface area is 196 Å². The van der Waals surface area contributed by atoms with E-state index in [1.54, 1.807) is 18.3 Å². The Hall–Kier alpha value is -3.66. The smallest absolute Gasteiger partial charge is 0.414 e. The largest absolute Gasteiger partial charge is 0.474 e. The van der Waals surface area contributed by atoms with Crippen molar-refractivity contribution in [3.05, 3.63) is 35.9 Å². The Bertz CT molecular complexity index is 1280. The molecule has 2 aliphatic rings. The molecule has 10 heteroatoms. The molecule has 1 saturated heterocycles. The maximum absolute atomic E-state index is 15.3. The summed E-state index contributed by atoms with van der Waals surface area (Å²) in [5, 5.41) is 7.13. The van der Waals surface area contributed by atoms with Crippen LogP contribution in [0, 0.1) is 12.7 Å². The first-order valence-corrected chi connectivity index (χ1v) is 11.3. The second-order valence-corrected chi connectivity index (χ2v) is 8.93. The Balaban J connectivity index is 1.42. The van der Waals surface area contributed by atoms with E-state index >= 15 is 4.39 Å². The zero-order chi connectivity index (χ0) is 24.0. The number of ether oxygens (including phenoxy) is 2. The normalized spacial score (nSPS) is 15.9. The van der Waals surface area contributed by atoms with Crippen LogP contribution in [0.15, 0.2) is 24.5 Å². The third kappa shape index (κ3) is 3.94. The number of fused-ring (bicyclic) bond motifs is 2. The van der Waals surface area contributed by atoms with Crippen molar-refractivity contribution in [2.24, 2.45) is 0 Å². The second kappa shape index (κ2) is 8.60. The lowest BCUT2D eigenvalue weighted by Crippen LogP contribution is -2.61. The molecular weight excluding hydrogens is 439 g/mol. The maximum atomic E-state index is 15.3. The molecule has 0 spiro atoms. The molecule has 0 unspecified atom stereocenters. The average Bonchev–Trinajstić information content (AvgIpc) is 2.79. The number of likely N-dealkylation sites (tertiary alicyclic amines) is 1. The van der Waals surface area contributed by atoms with Crippen molar-refractivity contribution in [3.63, 3.8) is 0 Å². The predicted molar refractivity (Wildman–Crippen MR) is 128 cm³/mol. The van der Waals surface area contributed by atoms with Gasteiger partial charge in [-0.2, -0.15) is 0 Å². The van der Waals surface area contributed by atoms with Crippen LogP contribution in [0.2, 0.25) is 0 Å². The van der Waals surface area contributed by atoms with Gasteiger partial charge in [0.2, 0.25) is 11.8 Å². The fourth-order valence-electron chi connectivity index (χ4n) is 4.34. The van der Waals surface area contributed by atoms with Crippen molar-refractivity contribution in [3.8, 4) is 22.9 Å². The first-order valence-electron chi connectivity index (χ1n) is 11.3. The summed E-state index contributed by atoms with van der Waals surface area (Å²) in [6.45, 7) is 8.84. The minimum Gasteiger partial charge on any atom is -0.474 e. The fourth-order valence-corrected chi connectivity index (χ4v) is 4.34. The van der Waals surface area contributed by atoms with Gasteiger partial charge in [0, 0.05) is 60.6 Å². The molecule has 34 heavy (non-hydrogen) atoms. The number of aromatic nitrogens is 2. The van der Waals surface area contributed by atoms with E-state index in [4.69, 9.17) is 15.2 Å². The van der Waals surface area contributed by atoms with Gasteiger partial charge in [-0.25, -0.2) is 19.2 Å². The van der Waals surface area contributed by atoms with Gasteiger partial charge in [0.25, 0.3) is 0 Å². The number of carbonyl (C=O) groups is 1.